The molecule has 3 unspecified atom stereocenters. The number of ether oxygens (including phenoxy) is 1. The number of aldehydes is 1. The Bertz CT molecular complexity index is 1540. The summed E-state index contributed by atoms with van der Waals surface area (Å²) in [6.45, 7) is 7.86. The summed E-state index contributed by atoms with van der Waals surface area (Å²) >= 11 is 0. The van der Waals surface area contributed by atoms with Gasteiger partial charge in [-0.15, -0.1) is 0 Å². The van der Waals surface area contributed by atoms with E-state index in [0.717, 1.165) is 6.07 Å². The highest BCUT2D eigenvalue weighted by Gasteiger charge is 2.55. The van der Waals surface area contributed by atoms with Crippen LogP contribution in [0.2, 0.25) is 0 Å². The van der Waals surface area contributed by atoms with Gasteiger partial charge in [0.1, 0.15) is 19.3 Å². The Hall–Kier alpha value is -3.16. The number of hydrogen-bond donors (Lipinski definition) is 5. The van der Waals surface area contributed by atoms with Crippen LogP contribution >= 0.6 is 0 Å². The molecule has 236 valence electrons. The van der Waals surface area contributed by atoms with E-state index in [9.17, 15) is 29.7 Å². The van der Waals surface area contributed by atoms with Gasteiger partial charge in [-0.2, -0.15) is 0 Å². The van der Waals surface area contributed by atoms with E-state index in [4.69, 9.17) is 36.1 Å². The number of carbonyl (C=O) groups is 3. The summed E-state index contributed by atoms with van der Waals surface area (Å²) in [4.78, 5) is 39.2. The smallest absolute Gasteiger partial charge is 0.258 e. The van der Waals surface area contributed by atoms with Gasteiger partial charge in [0, 0.05) is 49.8 Å². The number of halogens is 1. The van der Waals surface area contributed by atoms with Crippen molar-refractivity contribution >= 4 is 55.2 Å². The van der Waals surface area contributed by atoms with Crippen LogP contribution in [-0.2, 0) is 30.9 Å². The third-order valence-corrected chi connectivity index (χ3v) is 8.14. The van der Waals surface area contributed by atoms with E-state index in [1.165, 1.54) is 37.4 Å². The van der Waals surface area contributed by atoms with E-state index in [-0.39, 0.29) is 53.7 Å². The third kappa shape index (κ3) is 6.50. The maximum absolute atomic E-state index is 15.4. The molecule has 4 rings (SSSR count). The van der Waals surface area contributed by atoms with Crippen LogP contribution < -0.4 is 10.6 Å². The Morgan fingerprint density at radius 2 is 1.72 bits per heavy atom. The number of rotatable bonds is 10. The quantitative estimate of drug-likeness (QED) is 0.177. The van der Waals surface area contributed by atoms with Gasteiger partial charge in [0.25, 0.3) is 5.91 Å². The molecule has 2 amide bonds. The van der Waals surface area contributed by atoms with Crippen molar-refractivity contribution in [1.82, 2.24) is 15.1 Å². The van der Waals surface area contributed by atoms with E-state index in [1.807, 2.05) is 27.7 Å². The standard InChI is InChI=1S/C30H35B4FN4O7/c1-25(2)14-38(15-26(3,4)46-25)29(33,44)17-9-10-20(35)19(13-17)28(31,32)37-21-8-6-7-18-23(21)30(34,45)39(24(18)42)27(43,16-40)12-11-22(41)36-5/h6-10,13,16,37,43-45H,11-12,14-15H2,1-5H3,(H,36,41). The van der Waals surface area contributed by atoms with Crippen LogP contribution in [0.4, 0.5) is 10.1 Å². The van der Waals surface area contributed by atoms with Crippen molar-refractivity contribution in [2.24, 2.45) is 0 Å². The van der Waals surface area contributed by atoms with Crippen molar-refractivity contribution in [3.8, 4) is 0 Å². The van der Waals surface area contributed by atoms with Crippen molar-refractivity contribution < 1.29 is 38.8 Å². The summed E-state index contributed by atoms with van der Waals surface area (Å²) in [5.74, 6) is -2.46. The lowest BCUT2D eigenvalue weighted by Crippen LogP contribution is -2.63. The van der Waals surface area contributed by atoms with E-state index >= 15 is 4.39 Å². The number of amides is 2. The monoisotopic (exact) mass is 626 g/mol. The van der Waals surface area contributed by atoms with E-state index in [2.05, 4.69) is 10.6 Å². The van der Waals surface area contributed by atoms with Crippen LogP contribution in [0, 0.1) is 5.82 Å². The minimum Gasteiger partial charge on any atom is -0.392 e. The minimum atomic E-state index is -2.82. The Balaban J connectivity index is 1.71. The maximum atomic E-state index is 15.4. The number of nitrogens with zero attached hydrogens (tertiary/aromatic N) is 2. The number of morpholine rings is 1. The zero-order valence-corrected chi connectivity index (χ0v) is 26.4. The van der Waals surface area contributed by atoms with Gasteiger partial charge in [-0.3, -0.25) is 24.2 Å². The van der Waals surface area contributed by atoms with Crippen molar-refractivity contribution in [2.45, 2.75) is 74.0 Å². The zero-order valence-electron chi connectivity index (χ0n) is 26.4. The first-order valence-electron chi connectivity index (χ1n) is 14.5. The third-order valence-electron chi connectivity index (χ3n) is 8.14. The summed E-state index contributed by atoms with van der Waals surface area (Å²) in [7, 11) is 26.8. The van der Waals surface area contributed by atoms with Crippen LogP contribution in [-0.4, -0.2) is 112 Å². The molecule has 5 N–H and O–H groups in total. The molecule has 2 aliphatic heterocycles. The highest BCUT2D eigenvalue weighted by molar-refractivity contribution is 6.41. The zero-order chi connectivity index (χ0) is 34.7. The van der Waals surface area contributed by atoms with Gasteiger partial charge in [-0.1, -0.05) is 12.1 Å². The number of hydrogen-bond acceptors (Lipinski definition) is 9. The lowest BCUT2D eigenvalue weighted by atomic mass is 9.57. The van der Waals surface area contributed by atoms with Crippen molar-refractivity contribution in [2.75, 3.05) is 25.5 Å². The second-order valence-corrected chi connectivity index (χ2v) is 13.2. The van der Waals surface area contributed by atoms with Crippen LogP contribution in [0.1, 0.15) is 67.6 Å². The Morgan fingerprint density at radius 3 is 2.28 bits per heavy atom. The maximum Gasteiger partial charge on any atom is 0.258 e. The van der Waals surface area contributed by atoms with Gasteiger partial charge in [0.2, 0.25) is 5.91 Å². The second-order valence-electron chi connectivity index (χ2n) is 13.2. The fourth-order valence-electron chi connectivity index (χ4n) is 6.31. The molecular weight excluding hydrogens is 591 g/mol. The first kappa shape index (κ1) is 35.7. The van der Waals surface area contributed by atoms with E-state index in [0.29, 0.717) is 4.90 Å². The van der Waals surface area contributed by atoms with Gasteiger partial charge in [0.15, 0.2) is 19.9 Å². The van der Waals surface area contributed by atoms with Crippen LogP contribution in [0.5, 0.6) is 0 Å². The predicted octanol–water partition coefficient (Wildman–Crippen LogP) is -0.314. The number of nitrogens with one attached hydrogen (secondary N) is 2. The molecule has 0 aliphatic carbocycles. The normalized spacial score (nSPS) is 23.6. The molecule has 0 aromatic heterocycles. The minimum absolute atomic E-state index is 0.00759. The Kier molecular flexibility index (Phi) is 9.17. The predicted molar refractivity (Wildman–Crippen MR) is 170 cm³/mol. The van der Waals surface area contributed by atoms with Gasteiger partial charge in [-0.05, 0) is 68.4 Å². The lowest BCUT2D eigenvalue weighted by molar-refractivity contribution is -0.218. The van der Waals surface area contributed by atoms with Gasteiger partial charge < -0.3 is 30.7 Å². The number of anilines is 1. The van der Waals surface area contributed by atoms with Crippen molar-refractivity contribution in [3.05, 3.63) is 64.5 Å². The van der Waals surface area contributed by atoms with Crippen LogP contribution in [0.15, 0.2) is 36.4 Å². The number of aliphatic hydroxyl groups is 3. The summed E-state index contributed by atoms with van der Waals surface area (Å²) in [6, 6.07) is 7.51. The molecule has 0 spiro atoms. The van der Waals surface area contributed by atoms with E-state index in [1.54, 1.807) is 4.90 Å². The number of fused-ring (bicyclic) bond motifs is 1. The first-order chi connectivity index (χ1) is 21.0. The van der Waals surface area contributed by atoms with Crippen LogP contribution in [0.3, 0.4) is 0 Å². The summed E-state index contributed by atoms with van der Waals surface area (Å²) in [5.41, 5.74) is -9.98. The molecule has 46 heavy (non-hydrogen) atoms. The fourth-order valence-corrected chi connectivity index (χ4v) is 6.31. The summed E-state index contributed by atoms with van der Waals surface area (Å²) in [5, 5.41) is 36.9. The molecule has 2 aromatic rings. The average molecular weight is 626 g/mol. The van der Waals surface area contributed by atoms with E-state index < -0.39 is 57.6 Å². The molecule has 1 fully saturated rings. The van der Waals surface area contributed by atoms with Crippen molar-refractivity contribution in [3.63, 3.8) is 0 Å². The second kappa shape index (κ2) is 11.8. The van der Waals surface area contributed by atoms with Gasteiger partial charge in [0.05, 0.1) is 32.5 Å². The van der Waals surface area contributed by atoms with Gasteiger partial charge in [-0.25, -0.2) is 4.39 Å². The molecule has 1 saturated heterocycles. The molecule has 2 aliphatic rings. The summed E-state index contributed by atoms with van der Waals surface area (Å²) in [6.07, 6.45) is -0.982. The van der Waals surface area contributed by atoms with Crippen LogP contribution in [0.25, 0.3) is 0 Å². The molecule has 16 heteroatoms. The molecular formula is C30H35B4FN4O7. The number of benzene rings is 2. The Morgan fingerprint density at radius 1 is 1.11 bits per heavy atom. The molecule has 0 saturated carbocycles. The van der Waals surface area contributed by atoms with Crippen molar-refractivity contribution in [1.29, 1.82) is 0 Å². The average Bonchev–Trinajstić information content (AvgIpc) is 3.15. The molecule has 11 nitrogen and oxygen atoms in total. The highest BCUT2D eigenvalue weighted by atomic mass is 19.1. The molecule has 0 bridgehead atoms. The lowest BCUT2D eigenvalue weighted by Gasteiger charge is -2.52. The summed E-state index contributed by atoms with van der Waals surface area (Å²) < 4.78 is 21.5. The molecule has 2 heterocycles. The molecule has 2 aromatic carbocycles. The topological polar surface area (TPSA) is 152 Å². The number of carbonyl (C=O) groups excluding carboxylic acids is 3. The molecule has 8 radical (unpaired) electrons. The largest absolute Gasteiger partial charge is 0.392 e. The Labute approximate surface area is 272 Å². The SMILES string of the molecule is [B]C([B])(Nc1cccc2c1C([B])(O)N(C(O)(C=O)CCC(=O)NC)C2=O)c1cc(C([B])(O)N2CC(C)(C)OC(C)(C)C2)ccc1F. The van der Waals surface area contributed by atoms with Gasteiger partial charge >= 0.3 is 0 Å². The highest BCUT2D eigenvalue weighted by Crippen LogP contribution is 2.45. The molecule has 3 atom stereocenters. The fraction of sp³-hybridized carbons (Fsp3) is 0.500. The first-order valence-corrected chi connectivity index (χ1v) is 14.5.